The lowest BCUT2D eigenvalue weighted by molar-refractivity contribution is 0.756. The summed E-state index contributed by atoms with van der Waals surface area (Å²) in [5.74, 6) is 0.367. The summed E-state index contributed by atoms with van der Waals surface area (Å²) in [6, 6.07) is 4.96. The van der Waals surface area contributed by atoms with Crippen molar-refractivity contribution in [2.45, 2.75) is 6.92 Å². The zero-order valence-electron chi connectivity index (χ0n) is 11.3. The number of anilines is 1. The largest absolute Gasteiger partial charge is 0.329 e. The van der Waals surface area contributed by atoms with Gasteiger partial charge in [0, 0.05) is 32.1 Å². The quantitative estimate of drug-likeness (QED) is 0.642. The monoisotopic (exact) mass is 273 g/mol. The molecular formula is C13H15N5O2. The van der Waals surface area contributed by atoms with Gasteiger partial charge in [-0.05, 0) is 24.6 Å². The molecule has 0 fully saturated rings. The van der Waals surface area contributed by atoms with Crippen LogP contribution in [0, 0.1) is 0 Å². The Labute approximate surface area is 115 Å². The molecule has 0 aliphatic rings. The van der Waals surface area contributed by atoms with E-state index in [4.69, 9.17) is 0 Å². The molecule has 0 aromatic carbocycles. The van der Waals surface area contributed by atoms with Crippen molar-refractivity contribution < 1.29 is 0 Å². The second kappa shape index (κ2) is 5.96. The lowest BCUT2D eigenvalue weighted by atomic mass is 10.3. The molecule has 0 saturated heterocycles. The van der Waals surface area contributed by atoms with Gasteiger partial charge >= 0.3 is 5.69 Å². The number of rotatable bonds is 4. The number of pyridine rings is 1. The molecule has 7 heteroatoms. The molecule has 20 heavy (non-hydrogen) atoms. The van der Waals surface area contributed by atoms with Crippen LogP contribution in [-0.4, -0.2) is 27.3 Å². The number of nitrogens with zero attached hydrogens (tertiary/aromatic N) is 4. The Hall–Kier alpha value is -2.70. The van der Waals surface area contributed by atoms with Crippen molar-refractivity contribution in [2.75, 3.05) is 11.6 Å². The van der Waals surface area contributed by atoms with Crippen LogP contribution in [0.3, 0.4) is 0 Å². The van der Waals surface area contributed by atoms with Crippen LogP contribution >= 0.6 is 0 Å². The Morgan fingerprint density at radius 1 is 1.40 bits per heavy atom. The van der Waals surface area contributed by atoms with Gasteiger partial charge in [-0.3, -0.25) is 19.3 Å². The number of hydrazone groups is 1. The maximum absolute atomic E-state index is 11.6. The van der Waals surface area contributed by atoms with Crippen molar-refractivity contribution in [1.29, 1.82) is 0 Å². The van der Waals surface area contributed by atoms with Crippen molar-refractivity contribution in [3.8, 4) is 0 Å². The predicted octanol–water partition coefficient (Wildman–Crippen LogP) is 0.329. The van der Waals surface area contributed by atoms with Gasteiger partial charge in [0.05, 0.1) is 6.21 Å². The molecule has 0 saturated carbocycles. The Morgan fingerprint density at radius 3 is 2.70 bits per heavy atom. The topological polar surface area (TPSA) is 83.3 Å². The Balaban J connectivity index is 2.32. The van der Waals surface area contributed by atoms with Crippen LogP contribution in [0.15, 0.2) is 45.3 Å². The van der Waals surface area contributed by atoms with Crippen molar-refractivity contribution in [3.05, 3.63) is 57.0 Å². The first kappa shape index (κ1) is 13.7. The van der Waals surface area contributed by atoms with Gasteiger partial charge in [-0.2, -0.15) is 5.10 Å². The summed E-state index contributed by atoms with van der Waals surface area (Å²) < 4.78 is 1.00. The number of aromatic nitrogens is 3. The van der Waals surface area contributed by atoms with Gasteiger partial charge in [0.2, 0.25) is 0 Å². The lowest BCUT2D eigenvalue weighted by Gasteiger charge is -2.16. The molecule has 2 rings (SSSR count). The summed E-state index contributed by atoms with van der Waals surface area (Å²) in [6.07, 6.45) is 4.97. The first-order valence-electron chi connectivity index (χ1n) is 6.13. The van der Waals surface area contributed by atoms with Gasteiger partial charge in [-0.1, -0.05) is 0 Å². The molecule has 0 unspecified atom stereocenters. The smallest absolute Gasteiger partial charge is 0.292 e. The summed E-state index contributed by atoms with van der Waals surface area (Å²) in [5, 5.41) is 5.80. The number of H-pyrrole nitrogens is 1. The molecule has 0 spiro atoms. The second-order valence-electron chi connectivity index (χ2n) is 4.10. The molecule has 0 bridgehead atoms. The maximum Gasteiger partial charge on any atom is 0.329 e. The second-order valence-corrected chi connectivity index (χ2v) is 4.10. The molecule has 0 aliphatic heterocycles. The minimum atomic E-state index is -0.468. The Bertz CT molecular complexity index is 686. The minimum Gasteiger partial charge on any atom is -0.292 e. The normalized spacial score (nSPS) is 10.9. The third-order valence-corrected chi connectivity index (χ3v) is 2.76. The zero-order chi connectivity index (χ0) is 14.5. The van der Waals surface area contributed by atoms with Crippen LogP contribution in [0.4, 0.5) is 5.82 Å². The van der Waals surface area contributed by atoms with E-state index in [9.17, 15) is 9.59 Å². The van der Waals surface area contributed by atoms with Crippen LogP contribution in [0.5, 0.6) is 0 Å². The highest BCUT2D eigenvalue weighted by atomic mass is 16.2. The molecule has 2 heterocycles. The fraction of sp³-hybridized carbons (Fsp3) is 0.231. The van der Waals surface area contributed by atoms with Crippen LogP contribution in [0.2, 0.25) is 0 Å². The van der Waals surface area contributed by atoms with Crippen molar-refractivity contribution in [3.63, 3.8) is 0 Å². The average molecular weight is 273 g/mol. The maximum atomic E-state index is 11.6. The third kappa shape index (κ3) is 3.00. The Kier molecular flexibility index (Phi) is 4.09. The molecule has 0 radical (unpaired) electrons. The molecule has 7 nitrogen and oxygen atoms in total. The van der Waals surface area contributed by atoms with Gasteiger partial charge < -0.3 is 0 Å². The van der Waals surface area contributed by atoms with Crippen LogP contribution in [-0.2, 0) is 7.05 Å². The van der Waals surface area contributed by atoms with E-state index >= 15 is 0 Å². The standard InChI is InChI=1S/C13H15N5O2/c1-3-18(15-9-10-4-6-14-7-5-10)11-8-12(19)17(2)13(20)16-11/h4-9H,3H2,1-2H3,(H,16,20)/b15-9+. The number of aromatic amines is 1. The summed E-state index contributed by atoms with van der Waals surface area (Å²) in [4.78, 5) is 29.7. The average Bonchev–Trinajstić information content (AvgIpc) is 2.46. The van der Waals surface area contributed by atoms with E-state index in [2.05, 4.69) is 15.1 Å². The molecule has 2 aromatic heterocycles. The van der Waals surface area contributed by atoms with E-state index in [-0.39, 0.29) is 5.56 Å². The summed E-state index contributed by atoms with van der Waals surface area (Å²) in [7, 11) is 1.42. The van der Waals surface area contributed by atoms with E-state index in [1.807, 2.05) is 19.1 Å². The van der Waals surface area contributed by atoms with Gasteiger partial charge in [0.25, 0.3) is 5.56 Å². The molecule has 0 atom stereocenters. The van der Waals surface area contributed by atoms with Crippen molar-refractivity contribution in [2.24, 2.45) is 12.1 Å². The van der Waals surface area contributed by atoms with E-state index in [1.165, 1.54) is 13.1 Å². The fourth-order valence-electron chi connectivity index (χ4n) is 1.58. The zero-order valence-corrected chi connectivity index (χ0v) is 11.3. The molecule has 104 valence electrons. The molecule has 0 amide bonds. The van der Waals surface area contributed by atoms with Gasteiger partial charge in [-0.25, -0.2) is 9.80 Å². The first-order chi connectivity index (χ1) is 9.61. The van der Waals surface area contributed by atoms with Crippen molar-refractivity contribution in [1.82, 2.24) is 14.5 Å². The molecule has 0 aliphatic carbocycles. The molecular weight excluding hydrogens is 258 g/mol. The highest BCUT2D eigenvalue weighted by Gasteiger charge is 2.06. The summed E-state index contributed by atoms with van der Waals surface area (Å²) >= 11 is 0. The highest BCUT2D eigenvalue weighted by Crippen LogP contribution is 2.05. The highest BCUT2D eigenvalue weighted by molar-refractivity contribution is 5.79. The minimum absolute atomic E-state index is 0.367. The molecule has 2 aromatic rings. The number of hydrogen-bond donors (Lipinski definition) is 1. The lowest BCUT2D eigenvalue weighted by Crippen LogP contribution is -2.34. The van der Waals surface area contributed by atoms with Crippen molar-refractivity contribution >= 4 is 12.0 Å². The van der Waals surface area contributed by atoms with Crippen LogP contribution in [0.25, 0.3) is 0 Å². The first-order valence-corrected chi connectivity index (χ1v) is 6.13. The van der Waals surface area contributed by atoms with E-state index < -0.39 is 5.69 Å². The molecule has 1 N–H and O–H groups in total. The van der Waals surface area contributed by atoms with Gasteiger partial charge in [0.15, 0.2) is 0 Å². The SMILES string of the molecule is CCN(/N=C/c1ccncc1)c1cc(=O)n(C)c(=O)[nH]1. The van der Waals surface area contributed by atoms with E-state index in [1.54, 1.807) is 23.6 Å². The Morgan fingerprint density at radius 2 is 2.10 bits per heavy atom. The van der Waals surface area contributed by atoms with Crippen LogP contribution in [0.1, 0.15) is 12.5 Å². The predicted molar refractivity (Wildman–Crippen MR) is 77.2 cm³/mol. The number of hydrogen-bond acceptors (Lipinski definition) is 5. The fourth-order valence-corrected chi connectivity index (χ4v) is 1.58. The van der Waals surface area contributed by atoms with E-state index in [0.29, 0.717) is 12.4 Å². The summed E-state index contributed by atoms with van der Waals surface area (Å²) in [5.41, 5.74) is 0.0380. The van der Waals surface area contributed by atoms with E-state index in [0.717, 1.165) is 10.1 Å². The number of nitrogens with one attached hydrogen (secondary N) is 1. The summed E-state index contributed by atoms with van der Waals surface area (Å²) in [6.45, 7) is 2.39. The van der Waals surface area contributed by atoms with Gasteiger partial charge in [-0.15, -0.1) is 0 Å². The van der Waals surface area contributed by atoms with Crippen LogP contribution < -0.4 is 16.3 Å². The third-order valence-electron chi connectivity index (χ3n) is 2.76. The van der Waals surface area contributed by atoms with Gasteiger partial charge in [0.1, 0.15) is 5.82 Å².